The summed E-state index contributed by atoms with van der Waals surface area (Å²) < 4.78 is 1.66. The molecule has 2 aromatic heterocycles. The molecule has 2 N–H and O–H groups in total. The highest BCUT2D eigenvalue weighted by Gasteiger charge is 2.31. The molecule has 2 aromatic rings. The number of nitrogens with one attached hydrogen (secondary N) is 1. The summed E-state index contributed by atoms with van der Waals surface area (Å²) in [6, 6.07) is 6.03. The number of carboxylic acids is 1. The summed E-state index contributed by atoms with van der Waals surface area (Å²) in [6.45, 7) is 0.638. The highest BCUT2D eigenvalue weighted by atomic mass is 16.4. The molecule has 23 heavy (non-hydrogen) atoms. The minimum absolute atomic E-state index is 0.0539. The third-order valence-electron chi connectivity index (χ3n) is 3.80. The standard InChI is InChI=1S/C15H17N5O3/c1-19-13(7-8-16-19)20-9-3-5-10(14(20)21)17-12-6-2-4-11(18-12)15(22)23/h2,4,6-8,10H,3,5,9H2,1H3,(H,17,18)(H,22,23). The number of anilines is 2. The number of carboxylic acid groups (broad SMARTS) is 1. The summed E-state index contributed by atoms with van der Waals surface area (Å²) in [5.74, 6) is -0.0358. The van der Waals surface area contributed by atoms with Crippen LogP contribution in [0.2, 0.25) is 0 Å². The Bertz CT molecular complexity index is 742. The number of carbonyl (C=O) groups excluding carboxylic acids is 1. The Hall–Kier alpha value is -2.90. The van der Waals surface area contributed by atoms with Crippen LogP contribution in [0.5, 0.6) is 0 Å². The molecule has 8 heteroatoms. The SMILES string of the molecule is Cn1nccc1N1CCCC(Nc2cccc(C(=O)O)n2)C1=O. The van der Waals surface area contributed by atoms with E-state index in [1.165, 1.54) is 6.07 Å². The van der Waals surface area contributed by atoms with Gasteiger partial charge in [-0.3, -0.25) is 14.4 Å². The van der Waals surface area contributed by atoms with Gasteiger partial charge in [-0.1, -0.05) is 6.07 Å². The van der Waals surface area contributed by atoms with Crippen molar-refractivity contribution in [2.45, 2.75) is 18.9 Å². The number of aromatic nitrogens is 3. The van der Waals surface area contributed by atoms with Gasteiger partial charge in [0.2, 0.25) is 0 Å². The monoisotopic (exact) mass is 315 g/mol. The first-order valence-electron chi connectivity index (χ1n) is 7.32. The van der Waals surface area contributed by atoms with Crippen molar-refractivity contribution in [1.29, 1.82) is 0 Å². The van der Waals surface area contributed by atoms with Gasteiger partial charge >= 0.3 is 5.97 Å². The minimum atomic E-state index is -1.10. The lowest BCUT2D eigenvalue weighted by atomic mass is 10.0. The molecule has 0 bridgehead atoms. The van der Waals surface area contributed by atoms with E-state index in [0.29, 0.717) is 18.8 Å². The molecule has 8 nitrogen and oxygen atoms in total. The number of aromatic carboxylic acids is 1. The van der Waals surface area contributed by atoms with E-state index in [1.54, 1.807) is 41.0 Å². The van der Waals surface area contributed by atoms with Crippen molar-refractivity contribution < 1.29 is 14.7 Å². The fourth-order valence-electron chi connectivity index (χ4n) is 2.68. The second-order valence-corrected chi connectivity index (χ2v) is 5.36. The first kappa shape index (κ1) is 15.0. The van der Waals surface area contributed by atoms with Crippen molar-refractivity contribution in [2.24, 2.45) is 7.05 Å². The first-order chi connectivity index (χ1) is 11.1. The van der Waals surface area contributed by atoms with Crippen molar-refractivity contribution in [3.63, 3.8) is 0 Å². The molecule has 1 fully saturated rings. The number of piperidine rings is 1. The van der Waals surface area contributed by atoms with Gasteiger partial charge in [0.15, 0.2) is 5.69 Å². The lowest BCUT2D eigenvalue weighted by molar-refractivity contribution is -0.120. The highest BCUT2D eigenvalue weighted by Crippen LogP contribution is 2.22. The molecule has 0 aromatic carbocycles. The summed E-state index contributed by atoms with van der Waals surface area (Å²) >= 11 is 0. The summed E-state index contributed by atoms with van der Waals surface area (Å²) in [6.07, 6.45) is 3.16. The number of rotatable bonds is 4. The van der Waals surface area contributed by atoms with Crippen LogP contribution in [0.15, 0.2) is 30.5 Å². The molecule has 3 heterocycles. The van der Waals surface area contributed by atoms with E-state index in [4.69, 9.17) is 5.11 Å². The van der Waals surface area contributed by atoms with E-state index in [0.717, 1.165) is 12.2 Å². The molecule has 0 saturated carbocycles. The van der Waals surface area contributed by atoms with Gasteiger partial charge in [0, 0.05) is 19.7 Å². The Morgan fingerprint density at radius 3 is 2.91 bits per heavy atom. The Morgan fingerprint density at radius 2 is 2.22 bits per heavy atom. The number of nitrogens with zero attached hydrogens (tertiary/aromatic N) is 4. The Kier molecular flexibility index (Phi) is 3.96. The maximum Gasteiger partial charge on any atom is 0.354 e. The van der Waals surface area contributed by atoms with Crippen LogP contribution >= 0.6 is 0 Å². The topological polar surface area (TPSA) is 100 Å². The molecule has 1 saturated heterocycles. The zero-order valence-corrected chi connectivity index (χ0v) is 12.6. The molecule has 0 spiro atoms. The number of carbonyl (C=O) groups is 2. The molecular weight excluding hydrogens is 298 g/mol. The third-order valence-corrected chi connectivity index (χ3v) is 3.80. The number of pyridine rings is 1. The van der Waals surface area contributed by atoms with Gasteiger partial charge in [0.25, 0.3) is 5.91 Å². The number of hydrogen-bond donors (Lipinski definition) is 2. The van der Waals surface area contributed by atoms with E-state index in [2.05, 4.69) is 15.4 Å². The van der Waals surface area contributed by atoms with Crippen LogP contribution in [-0.4, -0.2) is 44.3 Å². The van der Waals surface area contributed by atoms with Gasteiger partial charge in [-0.15, -0.1) is 0 Å². The highest BCUT2D eigenvalue weighted by molar-refractivity contribution is 5.98. The molecule has 120 valence electrons. The summed E-state index contributed by atoms with van der Waals surface area (Å²) in [5.41, 5.74) is -0.0539. The van der Waals surface area contributed by atoms with Gasteiger partial charge < -0.3 is 10.4 Å². The predicted octanol–water partition coefficient (Wildman–Crippen LogP) is 1.12. The second-order valence-electron chi connectivity index (χ2n) is 5.36. The fraction of sp³-hybridized carbons (Fsp3) is 0.333. The van der Waals surface area contributed by atoms with Crippen LogP contribution in [0.1, 0.15) is 23.3 Å². The zero-order valence-electron chi connectivity index (χ0n) is 12.6. The molecule has 3 rings (SSSR count). The average molecular weight is 315 g/mol. The average Bonchev–Trinajstić information content (AvgIpc) is 2.96. The van der Waals surface area contributed by atoms with Crippen LogP contribution in [-0.2, 0) is 11.8 Å². The molecule has 1 aliphatic rings. The number of amides is 1. The Morgan fingerprint density at radius 1 is 1.39 bits per heavy atom. The van der Waals surface area contributed by atoms with Gasteiger partial charge in [0.1, 0.15) is 17.7 Å². The van der Waals surface area contributed by atoms with Crippen LogP contribution in [0.3, 0.4) is 0 Å². The van der Waals surface area contributed by atoms with E-state index >= 15 is 0 Å². The molecule has 0 radical (unpaired) electrons. The zero-order chi connectivity index (χ0) is 16.4. The van der Waals surface area contributed by atoms with Gasteiger partial charge in [-0.05, 0) is 25.0 Å². The minimum Gasteiger partial charge on any atom is -0.477 e. The van der Waals surface area contributed by atoms with Gasteiger partial charge in [-0.2, -0.15) is 5.10 Å². The Balaban J connectivity index is 1.78. The van der Waals surface area contributed by atoms with Crippen molar-refractivity contribution in [1.82, 2.24) is 14.8 Å². The van der Waals surface area contributed by atoms with E-state index in [1.807, 2.05) is 0 Å². The molecular formula is C15H17N5O3. The predicted molar refractivity (Wildman–Crippen MR) is 83.4 cm³/mol. The molecule has 1 unspecified atom stereocenters. The lowest BCUT2D eigenvalue weighted by Crippen LogP contribution is -2.48. The summed E-state index contributed by atoms with van der Waals surface area (Å²) in [4.78, 5) is 29.4. The second kappa shape index (κ2) is 6.07. The van der Waals surface area contributed by atoms with E-state index in [9.17, 15) is 9.59 Å². The quantitative estimate of drug-likeness (QED) is 0.877. The molecule has 0 aliphatic carbocycles. The first-order valence-corrected chi connectivity index (χ1v) is 7.32. The van der Waals surface area contributed by atoms with Gasteiger partial charge in [-0.25, -0.2) is 9.78 Å². The van der Waals surface area contributed by atoms with E-state index < -0.39 is 12.0 Å². The Labute approximate surface area is 132 Å². The normalized spacial score (nSPS) is 18.0. The van der Waals surface area contributed by atoms with Crippen LogP contribution in [0.25, 0.3) is 0 Å². The van der Waals surface area contributed by atoms with Crippen LogP contribution < -0.4 is 10.2 Å². The van der Waals surface area contributed by atoms with E-state index in [-0.39, 0.29) is 11.6 Å². The largest absolute Gasteiger partial charge is 0.477 e. The smallest absolute Gasteiger partial charge is 0.354 e. The van der Waals surface area contributed by atoms with Crippen molar-refractivity contribution in [3.8, 4) is 0 Å². The number of aryl methyl sites for hydroxylation is 1. The summed E-state index contributed by atoms with van der Waals surface area (Å²) in [7, 11) is 1.79. The van der Waals surface area contributed by atoms with Gasteiger partial charge in [0.05, 0.1) is 6.20 Å². The van der Waals surface area contributed by atoms with Crippen LogP contribution in [0, 0.1) is 0 Å². The van der Waals surface area contributed by atoms with Crippen molar-refractivity contribution in [3.05, 3.63) is 36.2 Å². The fourth-order valence-corrected chi connectivity index (χ4v) is 2.68. The maximum atomic E-state index is 12.7. The van der Waals surface area contributed by atoms with Crippen molar-refractivity contribution >= 4 is 23.5 Å². The molecule has 1 aliphatic heterocycles. The maximum absolute atomic E-state index is 12.7. The summed E-state index contributed by atoms with van der Waals surface area (Å²) in [5, 5.41) is 16.1. The third kappa shape index (κ3) is 3.01. The van der Waals surface area contributed by atoms with Crippen LogP contribution in [0.4, 0.5) is 11.6 Å². The number of hydrogen-bond acceptors (Lipinski definition) is 5. The van der Waals surface area contributed by atoms with Crippen molar-refractivity contribution in [2.75, 3.05) is 16.8 Å². The molecule has 1 amide bonds. The molecule has 1 atom stereocenters. The lowest BCUT2D eigenvalue weighted by Gasteiger charge is -2.32.